The second-order valence-corrected chi connectivity index (χ2v) is 9.64. The summed E-state index contributed by atoms with van der Waals surface area (Å²) in [5.41, 5.74) is 2.93. The summed E-state index contributed by atoms with van der Waals surface area (Å²) >= 11 is 0. The molecule has 3 aromatic rings. The number of piperidine rings is 1. The molecule has 0 radical (unpaired) electrons. The zero-order valence-electron chi connectivity index (χ0n) is 20.0. The molecular formula is C27H34N4O2. The van der Waals surface area contributed by atoms with Gasteiger partial charge in [0.15, 0.2) is 0 Å². The summed E-state index contributed by atoms with van der Waals surface area (Å²) in [5, 5.41) is 9.49. The first kappa shape index (κ1) is 23.2. The van der Waals surface area contributed by atoms with Crippen molar-refractivity contribution in [3.63, 3.8) is 0 Å². The summed E-state index contributed by atoms with van der Waals surface area (Å²) in [6, 6.07) is 16.1. The molecule has 1 N–H and O–H groups in total. The van der Waals surface area contributed by atoms with Gasteiger partial charge in [-0.05, 0) is 38.7 Å². The van der Waals surface area contributed by atoms with Gasteiger partial charge in [-0.1, -0.05) is 61.9 Å². The molecule has 1 fully saturated rings. The van der Waals surface area contributed by atoms with E-state index in [1.165, 1.54) is 5.56 Å². The van der Waals surface area contributed by atoms with Crippen LogP contribution in [0.3, 0.4) is 0 Å². The fourth-order valence-corrected chi connectivity index (χ4v) is 4.29. The Hall–Kier alpha value is -2.99. The Labute approximate surface area is 195 Å². The van der Waals surface area contributed by atoms with Crippen LogP contribution in [0.2, 0.25) is 0 Å². The minimum atomic E-state index is -0.0768. The number of nitrogens with one attached hydrogen (secondary N) is 1. The standard InChI is InChI=1S/C27H34N4O2/c1-18(2)20(4)28-26(32)22-13-15-30(16-14-22)17-31-27(33)24-8-6-5-7-23(24)25(29-31)21-11-9-19(3)10-12-21/h5-12,18,20,22H,13-17H2,1-4H3,(H,28,32). The van der Waals surface area contributed by atoms with E-state index in [4.69, 9.17) is 5.10 Å². The molecule has 1 unspecified atom stereocenters. The van der Waals surface area contributed by atoms with Gasteiger partial charge in [0.05, 0.1) is 17.7 Å². The number of hydrogen-bond acceptors (Lipinski definition) is 4. The number of amides is 1. The van der Waals surface area contributed by atoms with Crippen molar-refractivity contribution in [3.05, 3.63) is 64.4 Å². The van der Waals surface area contributed by atoms with Gasteiger partial charge in [-0.2, -0.15) is 5.10 Å². The Bertz CT molecular complexity index is 1170. The third-order valence-electron chi connectivity index (χ3n) is 6.85. The maximum atomic E-state index is 13.2. The number of benzene rings is 2. The molecule has 6 heteroatoms. The van der Waals surface area contributed by atoms with Gasteiger partial charge in [-0.15, -0.1) is 0 Å². The molecule has 0 bridgehead atoms. The van der Waals surface area contributed by atoms with Gasteiger partial charge in [0.25, 0.3) is 5.56 Å². The molecule has 2 heterocycles. The molecule has 1 amide bonds. The van der Waals surface area contributed by atoms with Crippen LogP contribution in [0.5, 0.6) is 0 Å². The van der Waals surface area contributed by atoms with Crippen molar-refractivity contribution in [2.75, 3.05) is 13.1 Å². The first-order valence-corrected chi connectivity index (χ1v) is 11.9. The largest absolute Gasteiger partial charge is 0.353 e. The van der Waals surface area contributed by atoms with E-state index in [2.05, 4.69) is 62.2 Å². The van der Waals surface area contributed by atoms with Crippen LogP contribution in [-0.4, -0.2) is 39.7 Å². The van der Waals surface area contributed by atoms with Gasteiger partial charge in [-0.25, -0.2) is 4.68 Å². The maximum absolute atomic E-state index is 13.2. The molecule has 4 rings (SSSR count). The van der Waals surface area contributed by atoms with Gasteiger partial charge < -0.3 is 5.32 Å². The first-order valence-electron chi connectivity index (χ1n) is 11.9. The third kappa shape index (κ3) is 5.17. The zero-order chi connectivity index (χ0) is 23.5. The number of hydrogen-bond donors (Lipinski definition) is 1. The lowest BCUT2D eigenvalue weighted by molar-refractivity contribution is -0.127. The van der Waals surface area contributed by atoms with Crippen LogP contribution >= 0.6 is 0 Å². The van der Waals surface area contributed by atoms with Crippen LogP contribution in [0.25, 0.3) is 22.0 Å². The smallest absolute Gasteiger partial charge is 0.275 e. The second-order valence-electron chi connectivity index (χ2n) is 9.64. The summed E-state index contributed by atoms with van der Waals surface area (Å²) in [6.45, 7) is 10.3. The Kier molecular flexibility index (Phi) is 6.94. The van der Waals surface area contributed by atoms with Crippen molar-refractivity contribution >= 4 is 16.7 Å². The van der Waals surface area contributed by atoms with E-state index in [1.807, 2.05) is 24.3 Å². The van der Waals surface area contributed by atoms with E-state index in [0.29, 0.717) is 18.0 Å². The van der Waals surface area contributed by atoms with Gasteiger partial charge in [-0.3, -0.25) is 14.5 Å². The topological polar surface area (TPSA) is 67.2 Å². The summed E-state index contributed by atoms with van der Waals surface area (Å²) in [7, 11) is 0. The lowest BCUT2D eigenvalue weighted by Gasteiger charge is -2.32. The Balaban J connectivity index is 1.53. The van der Waals surface area contributed by atoms with E-state index >= 15 is 0 Å². The number of aromatic nitrogens is 2. The van der Waals surface area contributed by atoms with Crippen LogP contribution in [0.1, 0.15) is 39.2 Å². The number of likely N-dealkylation sites (tertiary alicyclic amines) is 1. The van der Waals surface area contributed by atoms with Crippen molar-refractivity contribution in [1.82, 2.24) is 20.0 Å². The number of fused-ring (bicyclic) bond motifs is 1. The molecule has 0 spiro atoms. The van der Waals surface area contributed by atoms with Crippen molar-refractivity contribution in [2.45, 2.75) is 53.2 Å². The minimum absolute atomic E-state index is 0.0341. The predicted molar refractivity (Wildman–Crippen MR) is 133 cm³/mol. The summed E-state index contributed by atoms with van der Waals surface area (Å²) in [5.74, 6) is 0.605. The zero-order valence-corrected chi connectivity index (χ0v) is 20.0. The SMILES string of the molecule is Cc1ccc(-c2nn(CN3CCC(C(=O)NC(C)C(C)C)CC3)c(=O)c3ccccc23)cc1. The van der Waals surface area contributed by atoms with Crippen LogP contribution < -0.4 is 10.9 Å². The van der Waals surface area contributed by atoms with E-state index in [9.17, 15) is 9.59 Å². The summed E-state index contributed by atoms with van der Waals surface area (Å²) in [6.07, 6.45) is 1.59. The highest BCUT2D eigenvalue weighted by Crippen LogP contribution is 2.25. The van der Waals surface area contributed by atoms with Crippen molar-refractivity contribution in [2.24, 2.45) is 11.8 Å². The van der Waals surface area contributed by atoms with Gasteiger partial charge >= 0.3 is 0 Å². The Morgan fingerprint density at radius 3 is 2.30 bits per heavy atom. The second kappa shape index (κ2) is 9.87. The van der Waals surface area contributed by atoms with Crippen LogP contribution in [0.15, 0.2) is 53.3 Å². The number of rotatable bonds is 6. The molecule has 1 atom stereocenters. The molecule has 0 saturated carbocycles. The molecular weight excluding hydrogens is 412 g/mol. The third-order valence-corrected chi connectivity index (χ3v) is 6.85. The molecule has 6 nitrogen and oxygen atoms in total. The predicted octanol–water partition coefficient (Wildman–Crippen LogP) is 4.20. The van der Waals surface area contributed by atoms with Gasteiger partial charge in [0.2, 0.25) is 5.91 Å². The van der Waals surface area contributed by atoms with E-state index in [-0.39, 0.29) is 23.4 Å². The first-order chi connectivity index (χ1) is 15.8. The maximum Gasteiger partial charge on any atom is 0.275 e. The highest BCUT2D eigenvalue weighted by molar-refractivity contribution is 5.93. The molecule has 2 aromatic carbocycles. The lowest BCUT2D eigenvalue weighted by Crippen LogP contribution is -2.45. The lowest BCUT2D eigenvalue weighted by atomic mass is 9.95. The van der Waals surface area contributed by atoms with E-state index in [0.717, 1.165) is 42.6 Å². The summed E-state index contributed by atoms with van der Waals surface area (Å²) < 4.78 is 1.58. The minimum Gasteiger partial charge on any atom is -0.353 e. The average molecular weight is 447 g/mol. The molecule has 1 aromatic heterocycles. The summed E-state index contributed by atoms with van der Waals surface area (Å²) in [4.78, 5) is 28.0. The highest BCUT2D eigenvalue weighted by atomic mass is 16.2. The monoisotopic (exact) mass is 446 g/mol. The number of carbonyl (C=O) groups is 1. The Morgan fingerprint density at radius 2 is 1.67 bits per heavy atom. The van der Waals surface area contributed by atoms with Gasteiger partial charge in [0, 0.05) is 36.0 Å². The van der Waals surface area contributed by atoms with Gasteiger partial charge in [0.1, 0.15) is 0 Å². The number of carbonyl (C=O) groups excluding carboxylic acids is 1. The van der Waals surface area contributed by atoms with Crippen LogP contribution in [0, 0.1) is 18.8 Å². The molecule has 1 saturated heterocycles. The number of aryl methyl sites for hydroxylation is 1. The molecule has 1 aliphatic rings. The quantitative estimate of drug-likeness (QED) is 0.616. The van der Waals surface area contributed by atoms with Crippen LogP contribution in [0.4, 0.5) is 0 Å². The van der Waals surface area contributed by atoms with E-state index < -0.39 is 0 Å². The Morgan fingerprint density at radius 1 is 1.03 bits per heavy atom. The molecule has 33 heavy (non-hydrogen) atoms. The average Bonchev–Trinajstić information content (AvgIpc) is 2.82. The molecule has 0 aliphatic carbocycles. The molecule has 174 valence electrons. The van der Waals surface area contributed by atoms with Crippen LogP contribution in [-0.2, 0) is 11.5 Å². The van der Waals surface area contributed by atoms with Crippen molar-refractivity contribution in [3.8, 4) is 11.3 Å². The fourth-order valence-electron chi connectivity index (χ4n) is 4.29. The molecule has 1 aliphatic heterocycles. The van der Waals surface area contributed by atoms with Crippen molar-refractivity contribution in [1.29, 1.82) is 0 Å². The number of nitrogens with zero attached hydrogens (tertiary/aromatic N) is 3. The normalized spacial score (nSPS) is 16.3. The fraction of sp³-hybridized carbons (Fsp3) is 0.444. The van der Waals surface area contributed by atoms with E-state index in [1.54, 1.807) is 4.68 Å². The highest BCUT2D eigenvalue weighted by Gasteiger charge is 2.27. The van der Waals surface area contributed by atoms with Crippen molar-refractivity contribution < 1.29 is 4.79 Å².